The van der Waals surface area contributed by atoms with Crippen LogP contribution in [0.1, 0.15) is 18.4 Å². The van der Waals surface area contributed by atoms with Gasteiger partial charge in [-0.2, -0.15) is 5.10 Å². The van der Waals surface area contributed by atoms with Crippen LogP contribution in [0.4, 0.5) is 5.69 Å². The Bertz CT molecular complexity index is 941. The van der Waals surface area contributed by atoms with E-state index >= 15 is 0 Å². The summed E-state index contributed by atoms with van der Waals surface area (Å²) in [5, 5.41) is 8.18. The Morgan fingerprint density at radius 1 is 1.07 bits per heavy atom. The summed E-state index contributed by atoms with van der Waals surface area (Å²) in [4.78, 5) is 6.75. The van der Waals surface area contributed by atoms with Crippen molar-refractivity contribution >= 4 is 5.69 Å². The number of nitrogens with zero attached hydrogens (tertiary/aromatic N) is 4. The molecule has 2 aliphatic rings. The summed E-state index contributed by atoms with van der Waals surface area (Å²) in [5.41, 5.74) is 5.35. The number of aromatic nitrogens is 3. The number of ether oxygens (including phenoxy) is 1. The number of fused-ring (bicyclic) bond motifs is 3. The van der Waals surface area contributed by atoms with Crippen LogP contribution in [0.5, 0.6) is 5.88 Å². The highest BCUT2D eigenvalue weighted by molar-refractivity contribution is 5.69. The largest absolute Gasteiger partial charge is 0.472 e. The molecule has 2 aliphatic heterocycles. The predicted octanol–water partition coefficient (Wildman–Crippen LogP) is 3.01. The number of hydrogen-bond donors (Lipinski definition) is 1. The summed E-state index contributed by atoms with van der Waals surface area (Å²) >= 11 is 0. The zero-order chi connectivity index (χ0) is 18.2. The van der Waals surface area contributed by atoms with Gasteiger partial charge in [0.05, 0.1) is 11.3 Å². The second kappa shape index (κ2) is 6.70. The Kier molecular flexibility index (Phi) is 4.05. The molecule has 1 aromatic carbocycles. The van der Waals surface area contributed by atoms with Gasteiger partial charge >= 0.3 is 0 Å². The van der Waals surface area contributed by atoms with E-state index in [-0.39, 0.29) is 0 Å². The van der Waals surface area contributed by atoms with Crippen molar-refractivity contribution in [3.8, 4) is 22.8 Å². The minimum absolute atomic E-state index is 0.512. The highest BCUT2D eigenvalue weighted by Gasteiger charge is 2.22. The minimum Gasteiger partial charge on any atom is -0.472 e. The zero-order valence-electron chi connectivity index (χ0n) is 15.4. The van der Waals surface area contributed by atoms with Crippen molar-refractivity contribution in [2.24, 2.45) is 0 Å². The average Bonchev–Trinajstić information content (AvgIpc) is 3.19. The van der Waals surface area contributed by atoms with Crippen LogP contribution in [0.3, 0.4) is 0 Å². The number of rotatable bonds is 3. The maximum absolute atomic E-state index is 5.74. The third-order valence-corrected chi connectivity index (χ3v) is 5.56. The number of anilines is 1. The molecular formula is C21H23N5O. The molecule has 1 saturated heterocycles. The Balaban J connectivity index is 1.38. The number of benzene rings is 1. The Labute approximate surface area is 158 Å². The molecule has 5 rings (SSSR count). The number of hydrogen-bond acceptors (Lipinski definition) is 5. The molecule has 0 spiro atoms. The normalized spacial score (nSPS) is 16.6. The van der Waals surface area contributed by atoms with Crippen molar-refractivity contribution in [3.63, 3.8) is 0 Å². The van der Waals surface area contributed by atoms with E-state index < -0.39 is 0 Å². The van der Waals surface area contributed by atoms with Gasteiger partial charge in [0.25, 0.3) is 0 Å². The molecule has 0 radical (unpaired) electrons. The van der Waals surface area contributed by atoms with Gasteiger partial charge in [0.2, 0.25) is 5.88 Å². The van der Waals surface area contributed by atoms with Crippen molar-refractivity contribution in [2.75, 3.05) is 25.0 Å². The lowest BCUT2D eigenvalue weighted by Gasteiger charge is -2.33. The van der Waals surface area contributed by atoms with Gasteiger partial charge < -0.3 is 15.0 Å². The first kappa shape index (κ1) is 16.3. The lowest BCUT2D eigenvalue weighted by atomic mass is 10.0. The molecule has 0 bridgehead atoms. The summed E-state index contributed by atoms with van der Waals surface area (Å²) in [5.74, 6) is 0.663. The van der Waals surface area contributed by atoms with E-state index in [9.17, 15) is 0 Å². The van der Waals surface area contributed by atoms with E-state index in [1.165, 1.54) is 18.5 Å². The van der Waals surface area contributed by atoms with Gasteiger partial charge in [0, 0.05) is 42.8 Å². The Hall–Kier alpha value is -2.86. The van der Waals surface area contributed by atoms with Crippen LogP contribution in [0, 0.1) is 0 Å². The summed E-state index contributed by atoms with van der Waals surface area (Å²) in [6, 6.07) is 13.3. The second-order valence-corrected chi connectivity index (χ2v) is 7.16. The van der Waals surface area contributed by atoms with Gasteiger partial charge in [-0.05, 0) is 56.3 Å². The van der Waals surface area contributed by atoms with Crippen LogP contribution in [0.15, 0.2) is 48.8 Å². The zero-order valence-corrected chi connectivity index (χ0v) is 15.4. The van der Waals surface area contributed by atoms with Gasteiger partial charge in [-0.25, -0.2) is 9.67 Å². The number of piperidine rings is 1. The fraction of sp³-hybridized carbons (Fsp3) is 0.333. The molecule has 6 heteroatoms. The molecule has 6 nitrogen and oxygen atoms in total. The summed E-state index contributed by atoms with van der Waals surface area (Å²) < 4.78 is 7.68. The first-order valence-corrected chi connectivity index (χ1v) is 9.51. The van der Waals surface area contributed by atoms with E-state index in [1.807, 2.05) is 16.8 Å². The molecule has 2 aromatic heterocycles. The van der Waals surface area contributed by atoms with Crippen LogP contribution in [-0.4, -0.2) is 40.9 Å². The molecule has 1 fully saturated rings. The first-order valence-electron chi connectivity index (χ1n) is 9.51. The molecule has 0 atom stereocenters. The molecule has 4 heterocycles. The summed E-state index contributed by atoms with van der Waals surface area (Å²) in [7, 11) is 2.05. The highest BCUT2D eigenvalue weighted by atomic mass is 16.5. The summed E-state index contributed by atoms with van der Waals surface area (Å²) in [6.07, 6.45) is 6.19. The van der Waals surface area contributed by atoms with Crippen LogP contribution in [0.2, 0.25) is 0 Å². The smallest absolute Gasteiger partial charge is 0.223 e. The van der Waals surface area contributed by atoms with E-state index in [0.29, 0.717) is 18.5 Å². The average molecular weight is 361 g/mol. The first-order chi connectivity index (χ1) is 13.3. The third kappa shape index (κ3) is 2.96. The lowest BCUT2D eigenvalue weighted by Crippen LogP contribution is -2.41. The monoisotopic (exact) mass is 361 g/mol. The van der Waals surface area contributed by atoms with Gasteiger partial charge in [-0.1, -0.05) is 0 Å². The fourth-order valence-electron chi connectivity index (χ4n) is 3.95. The van der Waals surface area contributed by atoms with Gasteiger partial charge in [0.15, 0.2) is 0 Å². The van der Waals surface area contributed by atoms with Crippen LogP contribution < -0.4 is 15.0 Å². The fourth-order valence-corrected chi connectivity index (χ4v) is 3.95. The second-order valence-electron chi connectivity index (χ2n) is 7.16. The lowest BCUT2D eigenvalue weighted by molar-refractivity contribution is 0.290. The topological polar surface area (TPSA) is 55.2 Å². The maximum atomic E-state index is 5.74. The minimum atomic E-state index is 0.512. The molecule has 0 amide bonds. The van der Waals surface area contributed by atoms with Crippen molar-refractivity contribution in [2.45, 2.75) is 25.5 Å². The highest BCUT2D eigenvalue weighted by Crippen LogP contribution is 2.35. The molecule has 138 valence electrons. The molecule has 0 unspecified atom stereocenters. The van der Waals surface area contributed by atoms with E-state index in [2.05, 4.69) is 52.7 Å². The van der Waals surface area contributed by atoms with E-state index in [0.717, 1.165) is 35.6 Å². The van der Waals surface area contributed by atoms with Crippen LogP contribution in [-0.2, 0) is 6.61 Å². The molecule has 1 N–H and O–H groups in total. The quantitative estimate of drug-likeness (QED) is 0.777. The Morgan fingerprint density at radius 2 is 1.85 bits per heavy atom. The van der Waals surface area contributed by atoms with Crippen molar-refractivity contribution in [1.82, 2.24) is 20.1 Å². The Morgan fingerprint density at radius 3 is 2.63 bits per heavy atom. The number of nitrogens with one attached hydrogen (secondary N) is 1. The van der Waals surface area contributed by atoms with Gasteiger partial charge in [-0.3, -0.25) is 0 Å². The molecular weight excluding hydrogens is 338 g/mol. The SMILES string of the molecule is CNC1CCN(c2ccc(-n3cc4c(n3)-c3cccnc3OC4)cc2)CC1. The molecule has 3 aromatic rings. The van der Waals surface area contributed by atoms with Crippen molar-refractivity contribution in [3.05, 3.63) is 54.4 Å². The molecule has 0 saturated carbocycles. The van der Waals surface area contributed by atoms with Crippen LogP contribution in [0.25, 0.3) is 16.9 Å². The van der Waals surface area contributed by atoms with Gasteiger partial charge in [-0.15, -0.1) is 0 Å². The predicted molar refractivity (Wildman–Crippen MR) is 105 cm³/mol. The van der Waals surface area contributed by atoms with Crippen molar-refractivity contribution < 1.29 is 4.74 Å². The third-order valence-electron chi connectivity index (χ3n) is 5.56. The van der Waals surface area contributed by atoms with Gasteiger partial charge in [0.1, 0.15) is 12.3 Å². The van der Waals surface area contributed by atoms with E-state index in [1.54, 1.807) is 6.20 Å². The maximum Gasteiger partial charge on any atom is 0.223 e. The summed E-state index contributed by atoms with van der Waals surface area (Å²) in [6.45, 7) is 2.71. The van der Waals surface area contributed by atoms with Crippen LogP contribution >= 0.6 is 0 Å². The van der Waals surface area contributed by atoms with Crippen molar-refractivity contribution in [1.29, 1.82) is 0 Å². The molecule has 0 aliphatic carbocycles. The molecule has 27 heavy (non-hydrogen) atoms. The van der Waals surface area contributed by atoms with E-state index in [4.69, 9.17) is 9.84 Å². The standard InChI is InChI=1S/C21H23N5O/c1-22-16-8-11-25(12-9-16)17-4-6-18(7-5-17)26-13-15-14-27-21-19(20(15)24-26)3-2-10-23-21/h2-7,10,13,16,22H,8-9,11-12,14H2,1H3. The number of pyridine rings is 1.